The molecule has 0 radical (unpaired) electrons. The lowest BCUT2D eigenvalue weighted by Gasteiger charge is -2.21. The molecule has 2 rings (SSSR count). The molecule has 1 fully saturated rings. The highest BCUT2D eigenvalue weighted by Crippen LogP contribution is 2.25. The third-order valence-corrected chi connectivity index (χ3v) is 3.91. The zero-order valence-corrected chi connectivity index (χ0v) is 11.9. The summed E-state index contributed by atoms with van der Waals surface area (Å²) in [6.45, 7) is 7.87. The van der Waals surface area contributed by atoms with Crippen molar-refractivity contribution in [3.05, 3.63) is 35.4 Å². The molecule has 0 aliphatic carbocycles. The van der Waals surface area contributed by atoms with Gasteiger partial charge < -0.3 is 11.1 Å². The summed E-state index contributed by atoms with van der Waals surface area (Å²) >= 11 is 0. The van der Waals surface area contributed by atoms with Crippen molar-refractivity contribution in [2.45, 2.75) is 57.5 Å². The lowest BCUT2D eigenvalue weighted by atomic mass is 9.86. The highest BCUT2D eigenvalue weighted by molar-refractivity contribution is 5.29. The number of rotatable bonds is 3. The van der Waals surface area contributed by atoms with Gasteiger partial charge in [-0.15, -0.1) is 0 Å². The van der Waals surface area contributed by atoms with Crippen LogP contribution in [0.25, 0.3) is 0 Å². The van der Waals surface area contributed by atoms with E-state index in [-0.39, 0.29) is 11.5 Å². The van der Waals surface area contributed by atoms with E-state index in [0.29, 0.717) is 6.04 Å². The average Bonchev–Trinajstić information content (AvgIpc) is 2.81. The van der Waals surface area contributed by atoms with Crippen LogP contribution in [0.15, 0.2) is 24.3 Å². The molecular weight excluding hydrogens is 220 g/mol. The minimum Gasteiger partial charge on any atom is -0.324 e. The van der Waals surface area contributed by atoms with Crippen LogP contribution < -0.4 is 11.1 Å². The predicted molar refractivity (Wildman–Crippen MR) is 77.7 cm³/mol. The zero-order valence-electron chi connectivity index (χ0n) is 11.9. The van der Waals surface area contributed by atoms with Gasteiger partial charge in [-0.3, -0.25) is 0 Å². The number of nitrogens with two attached hydrogens (primary N) is 1. The molecule has 1 heterocycles. The largest absolute Gasteiger partial charge is 0.324 e. The third kappa shape index (κ3) is 3.33. The van der Waals surface area contributed by atoms with Crippen LogP contribution in [0.1, 0.15) is 57.2 Å². The second kappa shape index (κ2) is 5.41. The summed E-state index contributed by atoms with van der Waals surface area (Å²) in [6, 6.07) is 9.60. The molecule has 100 valence electrons. The fourth-order valence-electron chi connectivity index (χ4n) is 2.63. The lowest BCUT2D eigenvalue weighted by molar-refractivity contribution is 0.498. The average molecular weight is 246 g/mol. The Morgan fingerprint density at radius 3 is 2.44 bits per heavy atom. The van der Waals surface area contributed by atoms with Gasteiger partial charge in [-0.2, -0.15) is 0 Å². The second-order valence-electron chi connectivity index (χ2n) is 6.51. The molecular formula is C16H26N2. The first kappa shape index (κ1) is 13.6. The van der Waals surface area contributed by atoms with Crippen LogP contribution in [0, 0.1) is 0 Å². The van der Waals surface area contributed by atoms with E-state index in [4.69, 9.17) is 5.73 Å². The van der Waals surface area contributed by atoms with Crippen LogP contribution in [-0.2, 0) is 5.41 Å². The SMILES string of the molecule is CC(C)(C)c1ccc(C(N)CC2CCCN2)cc1. The van der Waals surface area contributed by atoms with Gasteiger partial charge in [0.05, 0.1) is 0 Å². The fourth-order valence-corrected chi connectivity index (χ4v) is 2.63. The Hall–Kier alpha value is -0.860. The van der Waals surface area contributed by atoms with Crippen molar-refractivity contribution in [1.29, 1.82) is 0 Å². The van der Waals surface area contributed by atoms with E-state index in [1.807, 2.05) is 0 Å². The van der Waals surface area contributed by atoms with Crippen LogP contribution in [-0.4, -0.2) is 12.6 Å². The molecule has 0 spiro atoms. The molecule has 0 aromatic heterocycles. The maximum absolute atomic E-state index is 6.29. The van der Waals surface area contributed by atoms with Crippen molar-refractivity contribution < 1.29 is 0 Å². The zero-order chi connectivity index (χ0) is 13.2. The second-order valence-corrected chi connectivity index (χ2v) is 6.51. The van der Waals surface area contributed by atoms with Gasteiger partial charge in [-0.1, -0.05) is 45.0 Å². The molecule has 0 bridgehead atoms. The summed E-state index contributed by atoms with van der Waals surface area (Å²) in [5, 5.41) is 3.51. The molecule has 1 aliphatic heterocycles. The third-order valence-electron chi connectivity index (χ3n) is 3.91. The molecule has 1 aliphatic rings. The summed E-state index contributed by atoms with van der Waals surface area (Å²) in [5.41, 5.74) is 9.15. The normalized spacial score (nSPS) is 22.1. The van der Waals surface area contributed by atoms with Gasteiger partial charge in [0.15, 0.2) is 0 Å². The Morgan fingerprint density at radius 2 is 1.94 bits per heavy atom. The van der Waals surface area contributed by atoms with E-state index in [1.54, 1.807) is 0 Å². The molecule has 0 amide bonds. The van der Waals surface area contributed by atoms with Crippen molar-refractivity contribution in [2.24, 2.45) is 5.73 Å². The van der Waals surface area contributed by atoms with E-state index >= 15 is 0 Å². The number of nitrogens with one attached hydrogen (secondary N) is 1. The highest BCUT2D eigenvalue weighted by Gasteiger charge is 2.19. The summed E-state index contributed by atoms with van der Waals surface area (Å²) in [6.07, 6.45) is 3.61. The maximum atomic E-state index is 6.29. The van der Waals surface area contributed by atoms with Crippen molar-refractivity contribution in [2.75, 3.05) is 6.54 Å². The first-order valence-corrected chi connectivity index (χ1v) is 7.06. The Kier molecular flexibility index (Phi) is 4.08. The monoisotopic (exact) mass is 246 g/mol. The minimum absolute atomic E-state index is 0.162. The van der Waals surface area contributed by atoms with Gasteiger partial charge in [0.25, 0.3) is 0 Å². The molecule has 3 N–H and O–H groups in total. The number of benzene rings is 1. The van der Waals surface area contributed by atoms with Gasteiger partial charge in [0.2, 0.25) is 0 Å². The van der Waals surface area contributed by atoms with Crippen molar-refractivity contribution in [1.82, 2.24) is 5.32 Å². The molecule has 2 unspecified atom stereocenters. The summed E-state index contributed by atoms with van der Waals surface area (Å²) in [5.74, 6) is 0. The van der Waals surface area contributed by atoms with Crippen LogP contribution in [0.4, 0.5) is 0 Å². The van der Waals surface area contributed by atoms with Crippen LogP contribution in [0.2, 0.25) is 0 Å². The molecule has 1 aromatic carbocycles. The number of hydrogen-bond acceptors (Lipinski definition) is 2. The van der Waals surface area contributed by atoms with Crippen LogP contribution in [0.3, 0.4) is 0 Å². The molecule has 1 saturated heterocycles. The van der Waals surface area contributed by atoms with E-state index < -0.39 is 0 Å². The molecule has 2 nitrogen and oxygen atoms in total. The van der Waals surface area contributed by atoms with Crippen molar-refractivity contribution in [3.63, 3.8) is 0 Å². The Balaban J connectivity index is 2.00. The molecule has 2 atom stereocenters. The first-order valence-electron chi connectivity index (χ1n) is 7.06. The molecule has 0 saturated carbocycles. The fraction of sp³-hybridized carbons (Fsp3) is 0.625. The highest BCUT2D eigenvalue weighted by atomic mass is 14.9. The number of hydrogen-bond donors (Lipinski definition) is 2. The van der Waals surface area contributed by atoms with Crippen molar-refractivity contribution in [3.8, 4) is 0 Å². The van der Waals surface area contributed by atoms with Gasteiger partial charge >= 0.3 is 0 Å². The smallest absolute Gasteiger partial charge is 0.0309 e. The van der Waals surface area contributed by atoms with E-state index in [2.05, 4.69) is 50.4 Å². The van der Waals surface area contributed by atoms with E-state index in [0.717, 1.165) is 13.0 Å². The standard InChI is InChI=1S/C16H26N2/c1-16(2,3)13-8-6-12(7-9-13)15(17)11-14-5-4-10-18-14/h6-9,14-15,18H,4-5,10-11,17H2,1-3H3. The Bertz CT molecular complexity index is 369. The van der Waals surface area contributed by atoms with Gasteiger partial charge in [-0.05, 0) is 42.3 Å². The first-order chi connectivity index (χ1) is 8.47. The topological polar surface area (TPSA) is 38.0 Å². The Labute approximate surface area is 111 Å². The van der Waals surface area contributed by atoms with Crippen LogP contribution in [0.5, 0.6) is 0 Å². The Morgan fingerprint density at radius 1 is 1.28 bits per heavy atom. The predicted octanol–water partition coefficient (Wildman–Crippen LogP) is 3.13. The summed E-state index contributed by atoms with van der Waals surface area (Å²) in [7, 11) is 0. The van der Waals surface area contributed by atoms with Gasteiger partial charge in [0.1, 0.15) is 0 Å². The molecule has 18 heavy (non-hydrogen) atoms. The quantitative estimate of drug-likeness (QED) is 0.860. The summed E-state index contributed by atoms with van der Waals surface area (Å²) < 4.78 is 0. The van der Waals surface area contributed by atoms with E-state index in [9.17, 15) is 0 Å². The van der Waals surface area contributed by atoms with Crippen molar-refractivity contribution >= 4 is 0 Å². The molecule has 2 heteroatoms. The van der Waals surface area contributed by atoms with E-state index in [1.165, 1.54) is 24.0 Å². The maximum Gasteiger partial charge on any atom is 0.0309 e. The minimum atomic E-state index is 0.162. The lowest BCUT2D eigenvalue weighted by Crippen LogP contribution is -2.26. The molecule has 1 aromatic rings. The summed E-state index contributed by atoms with van der Waals surface area (Å²) in [4.78, 5) is 0. The van der Waals surface area contributed by atoms with Crippen LogP contribution >= 0.6 is 0 Å². The van der Waals surface area contributed by atoms with Gasteiger partial charge in [-0.25, -0.2) is 0 Å². The van der Waals surface area contributed by atoms with Gasteiger partial charge in [0, 0.05) is 12.1 Å².